The number of aliphatic imine (C=N–C) groups is 2. The number of hydrogen-bond donors (Lipinski definition) is 0. The molecule has 41 heavy (non-hydrogen) atoms. The largest absolute Gasteiger partial charge is 0.475 e. The maximum atomic E-state index is 6.27. The summed E-state index contributed by atoms with van der Waals surface area (Å²) in [6.07, 6.45) is 0. The Labute approximate surface area is 241 Å². The van der Waals surface area contributed by atoms with Crippen LogP contribution >= 0.6 is 7.92 Å². The lowest BCUT2D eigenvalue weighted by Gasteiger charge is -2.24. The molecule has 2 atom stereocenters. The highest BCUT2D eigenvalue weighted by molar-refractivity contribution is 7.80. The molecule has 0 aromatic heterocycles. The Morgan fingerprint density at radius 2 is 0.854 bits per heavy atom. The van der Waals surface area contributed by atoms with Gasteiger partial charge in [0.1, 0.15) is 25.3 Å². The second-order valence-corrected chi connectivity index (χ2v) is 12.2. The molecule has 0 fully saturated rings. The fraction of sp³-hybridized carbons (Fsp3) is 0.111. The number of nitrogens with zero attached hydrogens (tertiary/aromatic N) is 2. The molecule has 0 saturated heterocycles. The molecule has 5 aromatic rings. The Balaban J connectivity index is 1.33. The van der Waals surface area contributed by atoms with Gasteiger partial charge in [-0.2, -0.15) is 0 Å². The minimum atomic E-state index is -0.979. The average Bonchev–Trinajstić information content (AvgIpc) is 3.75. The van der Waals surface area contributed by atoms with E-state index in [4.69, 9.17) is 19.5 Å². The first kappa shape index (κ1) is 25.4. The Bertz CT molecular complexity index is 1600. The predicted octanol–water partition coefficient (Wildman–Crippen LogP) is 6.48. The predicted molar refractivity (Wildman–Crippen MR) is 168 cm³/mol. The van der Waals surface area contributed by atoms with Gasteiger partial charge in [0, 0.05) is 11.1 Å². The summed E-state index contributed by atoms with van der Waals surface area (Å²) in [5.74, 6) is 1.41. The first-order valence-corrected chi connectivity index (χ1v) is 15.2. The van der Waals surface area contributed by atoms with Crippen molar-refractivity contribution in [3.8, 4) is 0 Å². The number of hydrogen-bond acceptors (Lipinski definition) is 4. The zero-order valence-electron chi connectivity index (χ0n) is 22.5. The topological polar surface area (TPSA) is 43.2 Å². The number of ether oxygens (including phenoxy) is 2. The van der Waals surface area contributed by atoms with Crippen LogP contribution in [0.5, 0.6) is 0 Å². The highest BCUT2D eigenvalue weighted by atomic mass is 31.1. The van der Waals surface area contributed by atoms with Crippen LogP contribution in [-0.4, -0.2) is 25.0 Å². The monoisotopic (exact) mass is 552 g/mol. The minimum absolute atomic E-state index is 0.00865. The van der Waals surface area contributed by atoms with Gasteiger partial charge in [0.15, 0.2) is 0 Å². The molecule has 0 amide bonds. The second kappa shape index (κ2) is 11.5. The van der Waals surface area contributed by atoms with E-state index in [0.717, 1.165) is 11.1 Å². The quantitative estimate of drug-likeness (QED) is 0.217. The first-order valence-electron chi connectivity index (χ1n) is 13.9. The summed E-state index contributed by atoms with van der Waals surface area (Å²) in [5, 5.41) is 3.65. The molecule has 2 unspecified atom stereocenters. The summed E-state index contributed by atoms with van der Waals surface area (Å²) in [7, 11) is -0.979. The van der Waals surface area contributed by atoms with Crippen molar-refractivity contribution in [2.75, 3.05) is 13.2 Å². The maximum Gasteiger partial charge on any atom is 0.217 e. The van der Waals surface area contributed by atoms with Gasteiger partial charge >= 0.3 is 0 Å². The van der Waals surface area contributed by atoms with Crippen molar-refractivity contribution in [2.24, 2.45) is 9.98 Å². The van der Waals surface area contributed by atoms with Crippen molar-refractivity contribution in [3.63, 3.8) is 0 Å². The van der Waals surface area contributed by atoms with Crippen LogP contribution in [0.15, 0.2) is 150 Å². The third kappa shape index (κ3) is 5.19. The van der Waals surface area contributed by atoms with Gasteiger partial charge in [-0.15, -0.1) is 0 Å². The van der Waals surface area contributed by atoms with Crippen LogP contribution in [0.2, 0.25) is 0 Å². The average molecular weight is 553 g/mol. The normalized spacial score (nSPS) is 18.6. The lowest BCUT2D eigenvalue weighted by molar-refractivity contribution is 0.320. The summed E-state index contributed by atoms with van der Waals surface area (Å²) in [6.45, 7) is 1.08. The van der Waals surface area contributed by atoms with Gasteiger partial charge in [-0.3, -0.25) is 0 Å². The molecule has 200 valence electrons. The van der Waals surface area contributed by atoms with E-state index in [-0.39, 0.29) is 12.1 Å². The van der Waals surface area contributed by atoms with Gasteiger partial charge in [-0.05, 0) is 47.1 Å². The van der Waals surface area contributed by atoms with E-state index in [2.05, 4.69) is 127 Å². The summed E-state index contributed by atoms with van der Waals surface area (Å²) in [6, 6.07) is 48.5. The molecule has 0 bridgehead atoms. The van der Waals surface area contributed by atoms with E-state index in [0.29, 0.717) is 25.0 Å². The lowest BCUT2D eigenvalue weighted by Crippen LogP contribution is -2.28. The standard InChI is InChI=1S/C36H29N2O2P/c1-4-14-26(15-5-1)31-24-39-35(37-31)29-20-10-12-22-33(29)41(28-18-8-3-9-19-28)34-23-13-11-21-30(34)36-38-32(25-40-36)27-16-6-2-7-17-27/h1-23,31-32H,24-25H2. The van der Waals surface area contributed by atoms with Gasteiger partial charge in [0.25, 0.3) is 0 Å². The molecule has 0 aliphatic carbocycles. The fourth-order valence-corrected chi connectivity index (χ4v) is 8.00. The van der Waals surface area contributed by atoms with Crippen LogP contribution in [0, 0.1) is 0 Å². The van der Waals surface area contributed by atoms with E-state index >= 15 is 0 Å². The second-order valence-electron chi connectivity index (χ2n) is 10.0. The summed E-state index contributed by atoms with van der Waals surface area (Å²) in [4.78, 5) is 10.1. The molecule has 0 radical (unpaired) electrons. The van der Waals surface area contributed by atoms with Crippen LogP contribution < -0.4 is 15.9 Å². The van der Waals surface area contributed by atoms with Gasteiger partial charge in [-0.25, -0.2) is 9.98 Å². The van der Waals surface area contributed by atoms with Crippen LogP contribution in [0.25, 0.3) is 0 Å². The van der Waals surface area contributed by atoms with Crippen LogP contribution in [0.4, 0.5) is 0 Å². The number of rotatable bonds is 7. The van der Waals surface area contributed by atoms with E-state index in [9.17, 15) is 0 Å². The van der Waals surface area contributed by atoms with E-state index in [1.807, 2.05) is 12.1 Å². The molecule has 0 spiro atoms. The van der Waals surface area contributed by atoms with Gasteiger partial charge in [-0.1, -0.05) is 127 Å². The molecule has 0 saturated carbocycles. The third-order valence-electron chi connectivity index (χ3n) is 7.44. The van der Waals surface area contributed by atoms with Crippen molar-refractivity contribution >= 4 is 35.6 Å². The summed E-state index contributed by atoms with van der Waals surface area (Å²) >= 11 is 0. The molecule has 2 aliphatic rings. The molecular weight excluding hydrogens is 523 g/mol. The van der Waals surface area contributed by atoms with Crippen molar-refractivity contribution in [1.29, 1.82) is 0 Å². The fourth-order valence-electron chi connectivity index (χ4n) is 5.42. The maximum absolute atomic E-state index is 6.27. The van der Waals surface area contributed by atoms with Crippen LogP contribution in [0.1, 0.15) is 34.3 Å². The molecule has 5 aromatic carbocycles. The molecule has 7 rings (SSSR count). The Kier molecular flexibility index (Phi) is 7.15. The molecule has 4 nitrogen and oxygen atoms in total. The van der Waals surface area contributed by atoms with Crippen molar-refractivity contribution in [3.05, 3.63) is 162 Å². The Morgan fingerprint density at radius 1 is 0.463 bits per heavy atom. The lowest BCUT2D eigenvalue weighted by atomic mass is 10.1. The first-order chi connectivity index (χ1) is 20.3. The zero-order valence-corrected chi connectivity index (χ0v) is 23.4. The smallest absolute Gasteiger partial charge is 0.217 e. The summed E-state index contributed by atoms with van der Waals surface area (Å²) in [5.41, 5.74) is 4.40. The Hall–Kier alpha value is -4.53. The van der Waals surface area contributed by atoms with Gasteiger partial charge < -0.3 is 9.47 Å². The highest BCUT2D eigenvalue weighted by Crippen LogP contribution is 2.38. The van der Waals surface area contributed by atoms with Gasteiger partial charge in [0.2, 0.25) is 11.8 Å². The number of benzene rings is 5. The van der Waals surface area contributed by atoms with E-state index in [1.54, 1.807) is 0 Å². The highest BCUT2D eigenvalue weighted by Gasteiger charge is 2.30. The van der Waals surface area contributed by atoms with Crippen LogP contribution in [0.3, 0.4) is 0 Å². The van der Waals surface area contributed by atoms with Crippen molar-refractivity contribution in [2.45, 2.75) is 12.1 Å². The van der Waals surface area contributed by atoms with Gasteiger partial charge in [0.05, 0.1) is 0 Å². The Morgan fingerprint density at radius 3 is 1.32 bits per heavy atom. The van der Waals surface area contributed by atoms with Crippen molar-refractivity contribution in [1.82, 2.24) is 0 Å². The zero-order chi connectivity index (χ0) is 27.4. The molecule has 0 N–H and O–H groups in total. The van der Waals surface area contributed by atoms with E-state index in [1.165, 1.54) is 27.0 Å². The molecule has 5 heteroatoms. The molecular formula is C36H29N2O2P. The minimum Gasteiger partial charge on any atom is -0.475 e. The molecule has 2 heterocycles. The van der Waals surface area contributed by atoms with Crippen LogP contribution in [-0.2, 0) is 9.47 Å². The molecule has 2 aliphatic heterocycles. The van der Waals surface area contributed by atoms with Crippen molar-refractivity contribution < 1.29 is 9.47 Å². The SMILES string of the molecule is c1ccc(C2COC(c3ccccc3P(c3ccccc3)c3ccccc3C3=NC(c4ccccc4)CO3)=N2)cc1. The van der Waals surface area contributed by atoms with E-state index < -0.39 is 7.92 Å². The summed E-state index contributed by atoms with van der Waals surface area (Å²) < 4.78 is 12.5. The third-order valence-corrected chi connectivity index (χ3v) is 9.99.